The van der Waals surface area contributed by atoms with Crippen LogP contribution in [0.3, 0.4) is 0 Å². The fourth-order valence-corrected chi connectivity index (χ4v) is 1.93. The molecule has 0 aliphatic carbocycles. The Morgan fingerprint density at radius 3 is 2.87 bits per heavy atom. The number of aliphatic hydroxyl groups excluding tert-OH is 1. The van der Waals surface area contributed by atoms with Crippen molar-refractivity contribution in [1.82, 2.24) is 10.2 Å². The molecular weight excluding hydrogens is 192 g/mol. The molecule has 90 valence electrons. The summed E-state index contributed by atoms with van der Waals surface area (Å²) in [6.45, 7) is 7.87. The van der Waals surface area contributed by atoms with Crippen molar-refractivity contribution in [1.29, 1.82) is 0 Å². The molecule has 1 fully saturated rings. The van der Waals surface area contributed by atoms with Crippen molar-refractivity contribution in [2.24, 2.45) is 0 Å². The third-order valence-corrected chi connectivity index (χ3v) is 3.33. The third-order valence-electron chi connectivity index (χ3n) is 3.33. The Kier molecular flexibility index (Phi) is 4.99. The molecule has 2 atom stereocenters. The largest absolute Gasteiger partial charge is 0.394 e. The van der Waals surface area contributed by atoms with Crippen LogP contribution in [-0.2, 0) is 4.74 Å². The molecule has 1 rings (SSSR count). The van der Waals surface area contributed by atoms with Gasteiger partial charge in [0.05, 0.1) is 25.4 Å². The minimum absolute atomic E-state index is 0.164. The van der Waals surface area contributed by atoms with Gasteiger partial charge >= 0.3 is 0 Å². The number of nitrogens with one attached hydrogen (secondary N) is 1. The monoisotopic (exact) mass is 216 g/mol. The molecule has 1 aliphatic rings. The van der Waals surface area contributed by atoms with E-state index in [4.69, 9.17) is 4.74 Å². The van der Waals surface area contributed by atoms with Gasteiger partial charge in [-0.15, -0.1) is 0 Å². The van der Waals surface area contributed by atoms with Gasteiger partial charge in [-0.05, 0) is 20.4 Å². The number of rotatable bonds is 5. The van der Waals surface area contributed by atoms with Gasteiger partial charge in [-0.2, -0.15) is 0 Å². The summed E-state index contributed by atoms with van der Waals surface area (Å²) in [5, 5.41) is 12.5. The van der Waals surface area contributed by atoms with Crippen molar-refractivity contribution >= 4 is 0 Å². The van der Waals surface area contributed by atoms with Crippen molar-refractivity contribution in [3.63, 3.8) is 0 Å². The van der Waals surface area contributed by atoms with Crippen LogP contribution in [0.5, 0.6) is 0 Å². The van der Waals surface area contributed by atoms with Gasteiger partial charge in [-0.3, -0.25) is 4.90 Å². The topological polar surface area (TPSA) is 44.7 Å². The van der Waals surface area contributed by atoms with Crippen LogP contribution in [0.1, 0.15) is 20.3 Å². The standard InChI is InChI=1S/C11H24N2O2/c1-4-10-7-15-6-5-13(10)8-11(2,9-14)12-3/h10,12,14H,4-9H2,1-3H3. The van der Waals surface area contributed by atoms with Gasteiger partial charge in [0.1, 0.15) is 0 Å². The molecule has 1 aliphatic heterocycles. The Morgan fingerprint density at radius 2 is 2.33 bits per heavy atom. The van der Waals surface area contributed by atoms with E-state index in [0.717, 1.165) is 32.7 Å². The van der Waals surface area contributed by atoms with Gasteiger partial charge in [0.25, 0.3) is 0 Å². The number of morpholine rings is 1. The second-order valence-corrected chi connectivity index (χ2v) is 4.58. The lowest BCUT2D eigenvalue weighted by molar-refractivity contribution is -0.0244. The van der Waals surface area contributed by atoms with E-state index >= 15 is 0 Å². The van der Waals surface area contributed by atoms with Crippen LogP contribution >= 0.6 is 0 Å². The second-order valence-electron chi connectivity index (χ2n) is 4.58. The number of nitrogens with zero attached hydrogens (tertiary/aromatic N) is 1. The molecule has 2 N–H and O–H groups in total. The fourth-order valence-electron chi connectivity index (χ4n) is 1.93. The average Bonchev–Trinajstić information content (AvgIpc) is 2.29. The number of aliphatic hydroxyl groups is 1. The van der Waals surface area contributed by atoms with Crippen LogP contribution < -0.4 is 5.32 Å². The quantitative estimate of drug-likeness (QED) is 0.682. The average molecular weight is 216 g/mol. The van der Waals surface area contributed by atoms with E-state index in [0.29, 0.717) is 6.04 Å². The predicted molar refractivity (Wildman–Crippen MR) is 61.0 cm³/mol. The summed E-state index contributed by atoms with van der Waals surface area (Å²) in [4.78, 5) is 2.41. The molecule has 0 bridgehead atoms. The lowest BCUT2D eigenvalue weighted by atomic mass is 10.0. The van der Waals surface area contributed by atoms with Gasteiger partial charge < -0.3 is 15.2 Å². The lowest BCUT2D eigenvalue weighted by Crippen LogP contribution is -2.57. The maximum atomic E-state index is 9.35. The van der Waals surface area contributed by atoms with E-state index in [2.05, 4.69) is 24.1 Å². The van der Waals surface area contributed by atoms with Crippen LogP contribution in [0.2, 0.25) is 0 Å². The highest BCUT2D eigenvalue weighted by molar-refractivity contribution is 4.88. The number of hydrogen-bond donors (Lipinski definition) is 2. The first-order valence-electron chi connectivity index (χ1n) is 5.76. The first-order chi connectivity index (χ1) is 7.15. The number of hydrogen-bond acceptors (Lipinski definition) is 4. The Balaban J connectivity index is 2.53. The Morgan fingerprint density at radius 1 is 1.60 bits per heavy atom. The summed E-state index contributed by atoms with van der Waals surface area (Å²) in [5.41, 5.74) is -0.204. The summed E-state index contributed by atoms with van der Waals surface area (Å²) in [7, 11) is 1.90. The van der Waals surface area contributed by atoms with E-state index in [9.17, 15) is 5.11 Å². The van der Waals surface area contributed by atoms with E-state index in [1.807, 2.05) is 7.05 Å². The Hall–Kier alpha value is -0.160. The summed E-state index contributed by atoms with van der Waals surface area (Å²) >= 11 is 0. The van der Waals surface area contributed by atoms with Gasteiger partial charge in [0.15, 0.2) is 0 Å². The normalized spacial score (nSPS) is 27.6. The van der Waals surface area contributed by atoms with Crippen LogP contribution in [0.25, 0.3) is 0 Å². The number of likely N-dealkylation sites (N-methyl/N-ethyl adjacent to an activating group) is 1. The predicted octanol–water partition coefficient (Wildman–Crippen LogP) is 0.0676. The van der Waals surface area contributed by atoms with Crippen molar-refractivity contribution in [2.75, 3.05) is 40.0 Å². The molecular formula is C11H24N2O2. The SMILES string of the molecule is CCC1COCCN1CC(C)(CO)NC. The van der Waals surface area contributed by atoms with Gasteiger partial charge in [0.2, 0.25) is 0 Å². The maximum absolute atomic E-state index is 9.35. The third kappa shape index (κ3) is 3.41. The van der Waals surface area contributed by atoms with Crippen molar-refractivity contribution in [3.8, 4) is 0 Å². The minimum atomic E-state index is -0.204. The zero-order valence-electron chi connectivity index (χ0n) is 10.1. The number of ether oxygens (including phenoxy) is 1. The first-order valence-corrected chi connectivity index (χ1v) is 5.76. The zero-order valence-corrected chi connectivity index (χ0v) is 10.1. The molecule has 0 aromatic rings. The van der Waals surface area contributed by atoms with Crippen LogP contribution in [-0.4, -0.2) is 61.5 Å². The molecule has 4 nitrogen and oxygen atoms in total. The molecule has 15 heavy (non-hydrogen) atoms. The van der Waals surface area contributed by atoms with Crippen LogP contribution in [0, 0.1) is 0 Å². The Labute approximate surface area is 92.6 Å². The molecule has 0 spiro atoms. The summed E-state index contributed by atoms with van der Waals surface area (Å²) in [6.07, 6.45) is 1.10. The highest BCUT2D eigenvalue weighted by atomic mass is 16.5. The van der Waals surface area contributed by atoms with Crippen molar-refractivity contribution in [2.45, 2.75) is 31.8 Å². The molecule has 0 saturated carbocycles. The molecule has 0 aromatic carbocycles. The van der Waals surface area contributed by atoms with Crippen molar-refractivity contribution in [3.05, 3.63) is 0 Å². The van der Waals surface area contributed by atoms with E-state index in [-0.39, 0.29) is 12.1 Å². The van der Waals surface area contributed by atoms with E-state index in [1.165, 1.54) is 0 Å². The second kappa shape index (κ2) is 5.80. The van der Waals surface area contributed by atoms with Gasteiger partial charge in [-0.1, -0.05) is 6.92 Å². The van der Waals surface area contributed by atoms with Gasteiger partial charge in [-0.25, -0.2) is 0 Å². The summed E-state index contributed by atoms with van der Waals surface area (Å²) < 4.78 is 5.46. The summed E-state index contributed by atoms with van der Waals surface area (Å²) in [6, 6.07) is 0.498. The molecule has 1 saturated heterocycles. The highest BCUT2D eigenvalue weighted by Crippen LogP contribution is 2.14. The molecule has 1 heterocycles. The zero-order chi connectivity index (χ0) is 11.3. The van der Waals surface area contributed by atoms with E-state index < -0.39 is 0 Å². The molecule has 0 radical (unpaired) electrons. The minimum Gasteiger partial charge on any atom is -0.394 e. The fraction of sp³-hybridized carbons (Fsp3) is 1.00. The highest BCUT2D eigenvalue weighted by Gasteiger charge is 2.29. The maximum Gasteiger partial charge on any atom is 0.0623 e. The lowest BCUT2D eigenvalue weighted by Gasteiger charge is -2.40. The van der Waals surface area contributed by atoms with Crippen LogP contribution in [0.4, 0.5) is 0 Å². The molecule has 4 heteroatoms. The molecule has 0 aromatic heterocycles. The van der Waals surface area contributed by atoms with Crippen LogP contribution in [0.15, 0.2) is 0 Å². The van der Waals surface area contributed by atoms with Crippen molar-refractivity contribution < 1.29 is 9.84 Å². The van der Waals surface area contributed by atoms with E-state index in [1.54, 1.807) is 0 Å². The smallest absolute Gasteiger partial charge is 0.0623 e. The molecule has 2 unspecified atom stereocenters. The molecule has 0 amide bonds. The first kappa shape index (κ1) is 12.9. The van der Waals surface area contributed by atoms with Gasteiger partial charge in [0, 0.05) is 19.1 Å². The Bertz CT molecular complexity index is 183. The summed E-state index contributed by atoms with van der Waals surface area (Å²) in [5.74, 6) is 0.